The first-order chi connectivity index (χ1) is 12.6. The lowest BCUT2D eigenvalue weighted by molar-refractivity contribution is 0.0924. The second kappa shape index (κ2) is 7.32. The van der Waals surface area contributed by atoms with Crippen molar-refractivity contribution in [3.8, 4) is 0 Å². The summed E-state index contributed by atoms with van der Waals surface area (Å²) in [5.41, 5.74) is 1.86. The van der Waals surface area contributed by atoms with Gasteiger partial charge in [-0.2, -0.15) is 5.10 Å². The molecule has 0 spiro atoms. The number of carbonyl (C=O) groups is 1. The lowest BCUT2D eigenvalue weighted by atomic mass is 9.91. The van der Waals surface area contributed by atoms with Gasteiger partial charge in [0.25, 0.3) is 11.5 Å². The van der Waals surface area contributed by atoms with Crippen molar-refractivity contribution in [3.63, 3.8) is 0 Å². The van der Waals surface area contributed by atoms with Crippen molar-refractivity contribution in [2.45, 2.75) is 57.7 Å². The molecule has 0 atom stereocenters. The second-order valence-corrected chi connectivity index (χ2v) is 8.38. The predicted molar refractivity (Wildman–Crippen MR) is 99.7 cm³/mol. The van der Waals surface area contributed by atoms with Crippen LogP contribution in [0.15, 0.2) is 23.0 Å². The number of rotatable bonds is 3. The molecule has 1 fully saturated rings. The normalized spacial score (nSPS) is 22.7. The Morgan fingerprint density at radius 3 is 2.85 bits per heavy atom. The Bertz CT molecular complexity index is 865. The minimum absolute atomic E-state index is 0.00984. The maximum absolute atomic E-state index is 12.4. The molecule has 2 aromatic rings. The first-order valence-electron chi connectivity index (χ1n) is 9.17. The van der Waals surface area contributed by atoms with E-state index in [9.17, 15) is 9.59 Å². The Morgan fingerprint density at radius 2 is 2.12 bits per heavy atom. The number of thiophene rings is 1. The number of nitrogens with zero attached hydrogens (tertiary/aromatic N) is 2. The third kappa shape index (κ3) is 3.59. The number of hydrogen-bond acceptors (Lipinski definition) is 5. The molecular weight excluding hydrogens is 350 g/mol. The second-order valence-electron chi connectivity index (χ2n) is 7.09. The van der Waals surface area contributed by atoms with Crippen LogP contribution in [-0.2, 0) is 17.8 Å². The largest absolute Gasteiger partial charge is 0.376 e. The summed E-state index contributed by atoms with van der Waals surface area (Å²) in [6.07, 6.45) is 4.22. The third-order valence-electron chi connectivity index (χ3n) is 5.21. The molecule has 0 radical (unpaired) electrons. The number of carbonyl (C=O) groups excluding carboxylic acids is 1. The Kier molecular flexibility index (Phi) is 4.91. The predicted octanol–water partition coefficient (Wildman–Crippen LogP) is 2.60. The van der Waals surface area contributed by atoms with E-state index < -0.39 is 0 Å². The van der Waals surface area contributed by atoms with Crippen LogP contribution in [0.2, 0.25) is 0 Å². The van der Waals surface area contributed by atoms with Gasteiger partial charge in [0.15, 0.2) is 0 Å². The molecule has 1 aliphatic heterocycles. The first kappa shape index (κ1) is 17.4. The van der Waals surface area contributed by atoms with Crippen molar-refractivity contribution in [1.29, 1.82) is 0 Å². The molecule has 0 saturated heterocycles. The number of aryl methyl sites for hydroxylation is 1. The smallest absolute Gasteiger partial charge is 0.267 e. The van der Waals surface area contributed by atoms with Crippen LogP contribution in [0.25, 0.3) is 0 Å². The van der Waals surface area contributed by atoms with Crippen molar-refractivity contribution < 1.29 is 9.53 Å². The molecule has 0 unspecified atom stereocenters. The van der Waals surface area contributed by atoms with Crippen LogP contribution in [0.5, 0.6) is 0 Å². The van der Waals surface area contributed by atoms with E-state index in [4.69, 9.17) is 4.74 Å². The molecule has 0 aromatic carbocycles. The molecule has 4 rings (SSSR count). The molecule has 1 amide bonds. The maximum Gasteiger partial charge on any atom is 0.267 e. The van der Waals surface area contributed by atoms with Crippen LogP contribution < -0.4 is 10.9 Å². The number of amides is 1. The van der Waals surface area contributed by atoms with Gasteiger partial charge < -0.3 is 10.1 Å². The Morgan fingerprint density at radius 1 is 1.31 bits per heavy atom. The highest BCUT2D eigenvalue weighted by Crippen LogP contribution is 2.28. The topological polar surface area (TPSA) is 73.2 Å². The first-order valence-corrected chi connectivity index (χ1v) is 9.98. The molecule has 26 heavy (non-hydrogen) atoms. The van der Waals surface area contributed by atoms with Gasteiger partial charge in [0.1, 0.15) is 0 Å². The monoisotopic (exact) mass is 373 g/mol. The van der Waals surface area contributed by atoms with Crippen LogP contribution in [-0.4, -0.2) is 28.3 Å². The number of hydrogen-bond donors (Lipinski definition) is 1. The van der Waals surface area contributed by atoms with E-state index in [1.54, 1.807) is 10.7 Å². The van der Waals surface area contributed by atoms with Crippen LogP contribution in [0.4, 0.5) is 0 Å². The molecule has 0 bridgehead atoms. The van der Waals surface area contributed by atoms with Crippen molar-refractivity contribution in [1.82, 2.24) is 15.1 Å². The molecule has 2 aliphatic rings. The lowest BCUT2D eigenvalue weighted by Crippen LogP contribution is -2.39. The van der Waals surface area contributed by atoms with E-state index in [1.165, 1.54) is 11.3 Å². The van der Waals surface area contributed by atoms with Crippen LogP contribution in [0, 0.1) is 6.92 Å². The molecule has 7 heteroatoms. The van der Waals surface area contributed by atoms with E-state index in [2.05, 4.69) is 10.4 Å². The van der Waals surface area contributed by atoms with Gasteiger partial charge in [-0.05, 0) is 44.7 Å². The third-order valence-corrected chi connectivity index (χ3v) is 6.20. The summed E-state index contributed by atoms with van der Waals surface area (Å²) in [5, 5.41) is 7.74. The highest BCUT2D eigenvalue weighted by molar-refractivity contribution is 7.13. The minimum atomic E-state index is -0.0456. The van der Waals surface area contributed by atoms with Crippen LogP contribution >= 0.6 is 11.3 Å². The van der Waals surface area contributed by atoms with E-state index >= 15 is 0 Å². The molecule has 1 N–H and O–H groups in total. The van der Waals surface area contributed by atoms with Gasteiger partial charge >= 0.3 is 0 Å². The minimum Gasteiger partial charge on any atom is -0.376 e. The Hall–Kier alpha value is -1.99. The zero-order chi connectivity index (χ0) is 18.1. The molecule has 1 aliphatic carbocycles. The number of aromatic nitrogens is 2. The quantitative estimate of drug-likeness (QED) is 0.898. The van der Waals surface area contributed by atoms with E-state index in [0.29, 0.717) is 13.2 Å². The van der Waals surface area contributed by atoms with Crippen molar-refractivity contribution in [2.75, 3.05) is 6.61 Å². The summed E-state index contributed by atoms with van der Waals surface area (Å²) in [7, 11) is 0. The summed E-state index contributed by atoms with van der Waals surface area (Å²) in [5.74, 6) is 0.00984. The molecule has 3 heterocycles. The lowest BCUT2D eigenvalue weighted by Gasteiger charge is -2.30. The van der Waals surface area contributed by atoms with Crippen LogP contribution in [0.1, 0.15) is 57.5 Å². The summed E-state index contributed by atoms with van der Waals surface area (Å²) in [6, 6.07) is 5.81. The van der Waals surface area contributed by atoms with Gasteiger partial charge in [0.05, 0.1) is 29.8 Å². The zero-order valence-corrected chi connectivity index (χ0v) is 15.7. The molecular formula is C19H23N3O3S. The van der Waals surface area contributed by atoms with Gasteiger partial charge in [0, 0.05) is 29.0 Å². The highest BCUT2D eigenvalue weighted by Gasteiger charge is 2.26. The van der Waals surface area contributed by atoms with Gasteiger partial charge in [0.2, 0.25) is 0 Å². The van der Waals surface area contributed by atoms with E-state index in [0.717, 1.165) is 53.1 Å². The van der Waals surface area contributed by atoms with Gasteiger partial charge in [-0.15, -0.1) is 11.3 Å². The summed E-state index contributed by atoms with van der Waals surface area (Å²) in [6.45, 7) is 3.15. The maximum atomic E-state index is 12.4. The van der Waals surface area contributed by atoms with Crippen molar-refractivity contribution >= 4 is 17.2 Å². The standard InChI is InChI=1S/C19H23N3O3S/c1-12-2-7-17(26-12)19(24)20-14-3-5-15(6-4-14)22-18(23)10-13-11-25-9-8-16(13)21-22/h2,7,10,14-15H,3-6,8-9,11H2,1H3,(H,20,24). The average molecular weight is 373 g/mol. The van der Waals surface area contributed by atoms with Gasteiger partial charge in [-0.25, -0.2) is 4.68 Å². The fourth-order valence-corrected chi connectivity index (χ4v) is 4.54. The van der Waals surface area contributed by atoms with Gasteiger partial charge in [-0.1, -0.05) is 0 Å². The summed E-state index contributed by atoms with van der Waals surface area (Å²) in [4.78, 5) is 26.6. The highest BCUT2D eigenvalue weighted by atomic mass is 32.1. The molecule has 2 aromatic heterocycles. The number of fused-ring (bicyclic) bond motifs is 1. The molecule has 1 saturated carbocycles. The fraction of sp³-hybridized carbons (Fsp3) is 0.526. The van der Waals surface area contributed by atoms with Crippen molar-refractivity contribution in [2.24, 2.45) is 0 Å². The van der Waals surface area contributed by atoms with E-state index in [-0.39, 0.29) is 23.6 Å². The summed E-state index contributed by atoms with van der Waals surface area (Å²) >= 11 is 1.52. The van der Waals surface area contributed by atoms with Crippen LogP contribution in [0.3, 0.4) is 0 Å². The fourth-order valence-electron chi connectivity index (χ4n) is 3.77. The molecule has 6 nitrogen and oxygen atoms in total. The zero-order valence-electron chi connectivity index (χ0n) is 14.9. The van der Waals surface area contributed by atoms with Crippen molar-refractivity contribution in [3.05, 3.63) is 49.6 Å². The molecule has 138 valence electrons. The average Bonchev–Trinajstić information content (AvgIpc) is 3.08. The van der Waals surface area contributed by atoms with Gasteiger partial charge in [-0.3, -0.25) is 9.59 Å². The number of nitrogens with one attached hydrogen (secondary N) is 1. The Balaban J connectivity index is 1.39. The summed E-state index contributed by atoms with van der Waals surface area (Å²) < 4.78 is 7.06. The van der Waals surface area contributed by atoms with E-state index in [1.807, 2.05) is 19.1 Å². The Labute approximate surface area is 156 Å². The number of ether oxygens (including phenoxy) is 1. The SMILES string of the molecule is Cc1ccc(C(=O)NC2CCC(n3nc4c(cc3=O)COCC4)CC2)s1.